The van der Waals surface area contributed by atoms with Gasteiger partial charge in [-0.3, -0.25) is 0 Å². The predicted molar refractivity (Wildman–Crippen MR) is 116 cm³/mol. The van der Waals surface area contributed by atoms with Crippen molar-refractivity contribution in [3.8, 4) is 0 Å². The van der Waals surface area contributed by atoms with Crippen molar-refractivity contribution in [1.82, 2.24) is 0 Å². The van der Waals surface area contributed by atoms with Crippen molar-refractivity contribution in [1.29, 1.82) is 0 Å². The minimum Gasteiger partial charge on any atom is -0.0808 e. The minimum atomic E-state index is 0.949. The second kappa shape index (κ2) is 17.9. The highest BCUT2D eigenvalue weighted by molar-refractivity contribution is 6.08. The Balaban J connectivity index is 3.45. The number of unbranched alkanes of at least 4 members (excludes halogenated alkanes) is 7. The largest absolute Gasteiger partial charge is 0.101 e. The molecule has 0 amide bonds. The Morgan fingerprint density at radius 2 is 1.08 bits per heavy atom. The first-order valence-corrected chi connectivity index (χ1v) is 11.7. The molecule has 0 fully saturated rings. The molecule has 0 saturated heterocycles. The molecule has 24 heavy (non-hydrogen) atoms. The maximum absolute atomic E-state index is 2.49. The molecule has 0 aromatic heterocycles. The van der Waals surface area contributed by atoms with E-state index in [0.717, 1.165) is 17.8 Å². The van der Waals surface area contributed by atoms with Crippen molar-refractivity contribution < 1.29 is 0 Å². The fourth-order valence-electron chi connectivity index (χ4n) is 4.37. The molecule has 0 aliphatic rings. The summed E-state index contributed by atoms with van der Waals surface area (Å²) in [5.41, 5.74) is 0. The highest BCUT2D eigenvalue weighted by Crippen LogP contribution is 2.27. The number of hydrogen-bond donors (Lipinski definition) is 0. The Kier molecular flexibility index (Phi) is 17.9. The van der Waals surface area contributed by atoms with Crippen molar-refractivity contribution in [2.24, 2.45) is 17.8 Å². The van der Waals surface area contributed by atoms with Gasteiger partial charge in [-0.15, -0.1) is 0 Å². The molecule has 0 rings (SSSR count). The summed E-state index contributed by atoms with van der Waals surface area (Å²) in [5.74, 6) is 2.91. The van der Waals surface area contributed by atoms with Crippen molar-refractivity contribution in [2.75, 3.05) is 0 Å². The minimum absolute atomic E-state index is 0.949. The topological polar surface area (TPSA) is 0 Å². The first-order valence-electron chi connectivity index (χ1n) is 11.7. The van der Waals surface area contributed by atoms with Crippen LogP contribution in [0.15, 0.2) is 0 Å². The first-order chi connectivity index (χ1) is 11.7. The smallest absolute Gasteiger partial charge is 0.0808 e. The average Bonchev–Trinajstić information content (AvgIpc) is 2.56. The zero-order valence-electron chi connectivity index (χ0n) is 18.0. The van der Waals surface area contributed by atoms with E-state index >= 15 is 0 Å². The SMILES string of the molecule is BCC[C@H](CCCCCCCCCCC(C)CCC)[C@@H](C)CCC. The maximum Gasteiger partial charge on any atom is 0.101 e. The summed E-state index contributed by atoms with van der Waals surface area (Å²) in [6, 6.07) is 0. The zero-order valence-corrected chi connectivity index (χ0v) is 18.0. The van der Waals surface area contributed by atoms with Crippen LogP contribution in [0.5, 0.6) is 0 Å². The Morgan fingerprint density at radius 1 is 0.583 bits per heavy atom. The van der Waals surface area contributed by atoms with Gasteiger partial charge >= 0.3 is 0 Å². The first kappa shape index (κ1) is 24.1. The van der Waals surface area contributed by atoms with Crippen LogP contribution in [0.4, 0.5) is 0 Å². The van der Waals surface area contributed by atoms with Crippen LogP contribution >= 0.6 is 0 Å². The second-order valence-electron chi connectivity index (χ2n) is 8.61. The molecule has 1 heteroatoms. The van der Waals surface area contributed by atoms with Crippen LogP contribution in [0, 0.1) is 17.8 Å². The fraction of sp³-hybridized carbons (Fsp3) is 1.00. The summed E-state index contributed by atoms with van der Waals surface area (Å²) in [4.78, 5) is 0. The summed E-state index contributed by atoms with van der Waals surface area (Å²) >= 11 is 0. The van der Waals surface area contributed by atoms with E-state index in [9.17, 15) is 0 Å². The van der Waals surface area contributed by atoms with Gasteiger partial charge in [-0.05, 0) is 17.8 Å². The van der Waals surface area contributed by atoms with E-state index < -0.39 is 0 Å². The highest BCUT2D eigenvalue weighted by Gasteiger charge is 2.15. The number of hydrogen-bond acceptors (Lipinski definition) is 0. The van der Waals surface area contributed by atoms with E-state index in [1.165, 1.54) is 103 Å². The quantitative estimate of drug-likeness (QED) is 0.177. The molecule has 0 heterocycles. The predicted octanol–water partition coefficient (Wildman–Crippen LogP) is 7.82. The lowest BCUT2D eigenvalue weighted by atomic mass is 9.80. The Hall–Kier alpha value is 0.0649. The lowest BCUT2D eigenvalue weighted by Gasteiger charge is -2.23. The standard InChI is InChI=1S/C23H49B/c1-5-15-21(3)17-13-11-9-7-8-10-12-14-18-23(19-20-24)22(4)16-6-2/h21-23H,5-20,24H2,1-4H3/t21?,22-,23-/m0/s1. The Morgan fingerprint density at radius 3 is 1.58 bits per heavy atom. The molecule has 0 N–H and O–H groups in total. The molecule has 0 aliphatic carbocycles. The van der Waals surface area contributed by atoms with Crippen molar-refractivity contribution in [3.05, 3.63) is 0 Å². The van der Waals surface area contributed by atoms with Gasteiger partial charge in [0, 0.05) is 0 Å². The van der Waals surface area contributed by atoms with Gasteiger partial charge in [0.05, 0.1) is 0 Å². The van der Waals surface area contributed by atoms with Gasteiger partial charge in [0.2, 0.25) is 0 Å². The third-order valence-corrected chi connectivity index (χ3v) is 6.01. The van der Waals surface area contributed by atoms with E-state index in [2.05, 4.69) is 35.5 Å². The molecule has 144 valence electrons. The molecule has 0 aromatic carbocycles. The summed E-state index contributed by atoms with van der Waals surface area (Å²) in [5, 5.41) is 0. The average molecular weight is 336 g/mol. The molecule has 0 aliphatic heterocycles. The zero-order chi connectivity index (χ0) is 18.0. The fourth-order valence-corrected chi connectivity index (χ4v) is 4.37. The van der Waals surface area contributed by atoms with E-state index in [-0.39, 0.29) is 0 Å². The summed E-state index contributed by atoms with van der Waals surface area (Å²) in [6.45, 7) is 9.57. The van der Waals surface area contributed by atoms with Crippen LogP contribution < -0.4 is 0 Å². The molecular formula is C23H49B. The van der Waals surface area contributed by atoms with Crippen molar-refractivity contribution in [2.45, 2.75) is 130 Å². The summed E-state index contributed by atoms with van der Waals surface area (Å²) in [6.07, 6.45) is 23.2. The van der Waals surface area contributed by atoms with Gasteiger partial charge in [-0.1, -0.05) is 130 Å². The molecule has 0 nitrogen and oxygen atoms in total. The van der Waals surface area contributed by atoms with Crippen LogP contribution in [-0.4, -0.2) is 7.85 Å². The molecule has 0 saturated carbocycles. The van der Waals surface area contributed by atoms with Gasteiger partial charge in [-0.25, -0.2) is 0 Å². The van der Waals surface area contributed by atoms with E-state index in [4.69, 9.17) is 0 Å². The van der Waals surface area contributed by atoms with E-state index in [1.54, 1.807) is 0 Å². The summed E-state index contributed by atoms with van der Waals surface area (Å²) < 4.78 is 0. The number of rotatable bonds is 18. The molecule has 1 unspecified atom stereocenters. The van der Waals surface area contributed by atoms with Crippen LogP contribution in [0.1, 0.15) is 124 Å². The van der Waals surface area contributed by atoms with Crippen LogP contribution in [0.2, 0.25) is 6.32 Å². The molecule has 0 bridgehead atoms. The van der Waals surface area contributed by atoms with Crippen LogP contribution in [0.25, 0.3) is 0 Å². The normalized spacial score (nSPS) is 15.3. The lowest BCUT2D eigenvalue weighted by Crippen LogP contribution is -2.11. The molecule has 0 aromatic rings. The van der Waals surface area contributed by atoms with Crippen LogP contribution in [-0.2, 0) is 0 Å². The van der Waals surface area contributed by atoms with Gasteiger partial charge in [-0.2, -0.15) is 0 Å². The van der Waals surface area contributed by atoms with Gasteiger partial charge < -0.3 is 0 Å². The van der Waals surface area contributed by atoms with Crippen LogP contribution in [0.3, 0.4) is 0 Å². The van der Waals surface area contributed by atoms with E-state index in [1.807, 2.05) is 0 Å². The third-order valence-electron chi connectivity index (χ3n) is 6.01. The molecule has 3 atom stereocenters. The molecule has 0 spiro atoms. The van der Waals surface area contributed by atoms with Gasteiger partial charge in [0.1, 0.15) is 7.85 Å². The highest BCUT2D eigenvalue weighted by atomic mass is 14.2. The lowest BCUT2D eigenvalue weighted by molar-refractivity contribution is 0.297. The Bertz CT molecular complexity index is 238. The summed E-state index contributed by atoms with van der Waals surface area (Å²) in [7, 11) is 2.36. The second-order valence-corrected chi connectivity index (χ2v) is 8.61. The van der Waals surface area contributed by atoms with E-state index in [0.29, 0.717) is 0 Å². The van der Waals surface area contributed by atoms with Crippen molar-refractivity contribution >= 4 is 7.85 Å². The Labute approximate surface area is 156 Å². The third kappa shape index (κ3) is 14.4. The monoisotopic (exact) mass is 336 g/mol. The van der Waals surface area contributed by atoms with Crippen molar-refractivity contribution in [3.63, 3.8) is 0 Å². The van der Waals surface area contributed by atoms with Gasteiger partial charge in [0.15, 0.2) is 0 Å². The maximum atomic E-state index is 2.49. The van der Waals surface area contributed by atoms with Gasteiger partial charge in [0.25, 0.3) is 0 Å². The molecule has 0 radical (unpaired) electrons. The molecular weight excluding hydrogens is 287 g/mol.